The van der Waals surface area contributed by atoms with Crippen LogP contribution >= 0.6 is 0 Å². The predicted molar refractivity (Wildman–Crippen MR) is 62.9 cm³/mol. The van der Waals surface area contributed by atoms with Crippen LogP contribution in [0.25, 0.3) is 0 Å². The summed E-state index contributed by atoms with van der Waals surface area (Å²) in [5.74, 6) is 1.42. The molecular formula is C13H15NO3. The Bertz CT molecular complexity index is 493. The summed E-state index contributed by atoms with van der Waals surface area (Å²) in [5, 5.41) is 10.3. The van der Waals surface area contributed by atoms with E-state index in [0.29, 0.717) is 11.3 Å². The lowest BCUT2D eigenvalue weighted by molar-refractivity contribution is 0.216. The highest BCUT2D eigenvalue weighted by molar-refractivity contribution is 5.33. The molecule has 0 aliphatic carbocycles. The number of rotatable bonds is 4. The van der Waals surface area contributed by atoms with Gasteiger partial charge in [-0.15, -0.1) is 0 Å². The summed E-state index contributed by atoms with van der Waals surface area (Å²) in [6.45, 7) is 1.98. The second-order valence-electron chi connectivity index (χ2n) is 3.71. The molecule has 1 unspecified atom stereocenters. The fraction of sp³-hybridized carbons (Fsp3) is 0.308. The summed E-state index contributed by atoms with van der Waals surface area (Å²) in [4.78, 5) is 4.03. The van der Waals surface area contributed by atoms with Crippen molar-refractivity contribution >= 4 is 0 Å². The Hall–Kier alpha value is -1.81. The first kappa shape index (κ1) is 11.7. The molecule has 0 aromatic carbocycles. The molecule has 0 radical (unpaired) electrons. The third-order valence-electron chi connectivity index (χ3n) is 2.68. The van der Waals surface area contributed by atoms with Crippen LogP contribution in [0.2, 0.25) is 0 Å². The van der Waals surface area contributed by atoms with Gasteiger partial charge in [-0.1, -0.05) is 6.92 Å². The first-order valence-electron chi connectivity index (χ1n) is 5.49. The summed E-state index contributed by atoms with van der Waals surface area (Å²) in [6.07, 6.45) is 4.83. The lowest BCUT2D eigenvalue weighted by Crippen LogP contribution is -2.02. The van der Waals surface area contributed by atoms with Crippen molar-refractivity contribution in [1.29, 1.82) is 0 Å². The first-order valence-corrected chi connectivity index (χ1v) is 5.49. The zero-order valence-corrected chi connectivity index (χ0v) is 9.88. The van der Waals surface area contributed by atoms with Crippen molar-refractivity contribution in [3.63, 3.8) is 0 Å². The van der Waals surface area contributed by atoms with Crippen molar-refractivity contribution in [3.8, 4) is 5.75 Å². The maximum Gasteiger partial charge on any atom is 0.137 e. The molecule has 4 heteroatoms. The van der Waals surface area contributed by atoms with E-state index in [-0.39, 0.29) is 0 Å². The van der Waals surface area contributed by atoms with Crippen LogP contribution in [0.5, 0.6) is 5.75 Å². The van der Waals surface area contributed by atoms with Gasteiger partial charge in [0.2, 0.25) is 0 Å². The van der Waals surface area contributed by atoms with E-state index >= 15 is 0 Å². The van der Waals surface area contributed by atoms with E-state index in [4.69, 9.17) is 9.15 Å². The number of aryl methyl sites for hydroxylation is 1. The minimum atomic E-state index is -0.730. The number of pyridine rings is 1. The molecule has 0 saturated carbocycles. The van der Waals surface area contributed by atoms with Crippen LogP contribution in [0.3, 0.4) is 0 Å². The van der Waals surface area contributed by atoms with Crippen LogP contribution in [0, 0.1) is 0 Å². The van der Waals surface area contributed by atoms with Gasteiger partial charge < -0.3 is 14.3 Å². The highest BCUT2D eigenvalue weighted by Crippen LogP contribution is 2.27. The lowest BCUT2D eigenvalue weighted by atomic mass is 10.0. The Balaban J connectivity index is 2.33. The summed E-state index contributed by atoms with van der Waals surface area (Å²) in [7, 11) is 1.57. The SMILES string of the molecule is CCc1occc1C(O)c1cncc(OC)c1. The van der Waals surface area contributed by atoms with Crippen molar-refractivity contribution < 1.29 is 14.3 Å². The Kier molecular flexibility index (Phi) is 3.44. The molecule has 17 heavy (non-hydrogen) atoms. The quantitative estimate of drug-likeness (QED) is 0.880. The summed E-state index contributed by atoms with van der Waals surface area (Å²) in [6, 6.07) is 3.55. The maximum absolute atomic E-state index is 10.3. The van der Waals surface area contributed by atoms with Gasteiger partial charge in [0.25, 0.3) is 0 Å². The first-order chi connectivity index (χ1) is 8.26. The van der Waals surface area contributed by atoms with E-state index in [0.717, 1.165) is 17.7 Å². The van der Waals surface area contributed by atoms with Crippen molar-refractivity contribution in [1.82, 2.24) is 4.98 Å². The molecule has 0 aliphatic rings. The number of aliphatic hydroxyl groups excluding tert-OH is 1. The molecule has 4 nitrogen and oxygen atoms in total. The molecule has 0 fully saturated rings. The molecule has 0 amide bonds. The van der Waals surface area contributed by atoms with Crippen LogP contribution < -0.4 is 4.74 Å². The van der Waals surface area contributed by atoms with Crippen molar-refractivity contribution in [2.45, 2.75) is 19.4 Å². The minimum absolute atomic E-state index is 0.628. The largest absolute Gasteiger partial charge is 0.495 e. The fourth-order valence-electron chi connectivity index (χ4n) is 1.76. The second-order valence-corrected chi connectivity index (χ2v) is 3.71. The summed E-state index contributed by atoms with van der Waals surface area (Å²) < 4.78 is 10.4. The number of ether oxygens (including phenoxy) is 1. The van der Waals surface area contributed by atoms with Gasteiger partial charge in [-0.25, -0.2) is 0 Å². The third kappa shape index (κ3) is 2.31. The lowest BCUT2D eigenvalue weighted by Gasteiger charge is -2.11. The van der Waals surface area contributed by atoms with E-state index in [9.17, 15) is 5.11 Å². The van der Waals surface area contributed by atoms with E-state index in [1.807, 2.05) is 6.92 Å². The average Bonchev–Trinajstić information content (AvgIpc) is 2.86. The Morgan fingerprint density at radius 1 is 1.47 bits per heavy atom. The van der Waals surface area contributed by atoms with Gasteiger partial charge in [0.05, 0.1) is 19.6 Å². The van der Waals surface area contributed by atoms with Crippen LogP contribution in [0.4, 0.5) is 0 Å². The van der Waals surface area contributed by atoms with Crippen molar-refractivity contribution in [2.24, 2.45) is 0 Å². The number of hydrogen-bond acceptors (Lipinski definition) is 4. The Morgan fingerprint density at radius 2 is 2.29 bits per heavy atom. The number of nitrogens with zero attached hydrogens (tertiary/aromatic N) is 1. The van der Waals surface area contributed by atoms with Crippen LogP contribution in [-0.4, -0.2) is 17.2 Å². The average molecular weight is 233 g/mol. The molecule has 2 heterocycles. The number of methoxy groups -OCH3 is 1. The van der Waals surface area contributed by atoms with E-state index in [1.165, 1.54) is 0 Å². The monoisotopic (exact) mass is 233 g/mol. The van der Waals surface area contributed by atoms with Crippen LogP contribution in [-0.2, 0) is 6.42 Å². The standard InChI is InChI=1S/C13H15NO3/c1-3-12-11(4-5-17-12)13(15)9-6-10(16-2)8-14-7-9/h4-8,13,15H,3H2,1-2H3. The van der Waals surface area contributed by atoms with Gasteiger partial charge in [-0.2, -0.15) is 0 Å². The second kappa shape index (κ2) is 5.01. The minimum Gasteiger partial charge on any atom is -0.495 e. The summed E-state index contributed by atoms with van der Waals surface area (Å²) >= 11 is 0. The van der Waals surface area contributed by atoms with E-state index in [1.54, 1.807) is 37.9 Å². The smallest absolute Gasteiger partial charge is 0.137 e. The molecule has 2 aromatic rings. The molecule has 0 spiro atoms. The molecule has 0 aliphatic heterocycles. The highest BCUT2D eigenvalue weighted by atomic mass is 16.5. The highest BCUT2D eigenvalue weighted by Gasteiger charge is 2.17. The molecular weight excluding hydrogens is 218 g/mol. The molecule has 0 bridgehead atoms. The molecule has 0 saturated heterocycles. The normalized spacial score (nSPS) is 12.4. The molecule has 90 valence electrons. The number of aliphatic hydroxyl groups is 1. The molecule has 2 rings (SSSR count). The zero-order chi connectivity index (χ0) is 12.3. The topological polar surface area (TPSA) is 55.5 Å². The molecule has 1 N–H and O–H groups in total. The van der Waals surface area contributed by atoms with Gasteiger partial charge in [0, 0.05) is 23.7 Å². The van der Waals surface area contributed by atoms with Crippen LogP contribution in [0.1, 0.15) is 29.9 Å². The Labute approximate surface area is 99.9 Å². The van der Waals surface area contributed by atoms with Gasteiger partial charge in [0.15, 0.2) is 0 Å². The van der Waals surface area contributed by atoms with Crippen molar-refractivity contribution in [2.75, 3.05) is 7.11 Å². The maximum atomic E-state index is 10.3. The third-order valence-corrected chi connectivity index (χ3v) is 2.68. The van der Waals surface area contributed by atoms with Crippen LogP contribution in [0.15, 0.2) is 35.2 Å². The number of aromatic nitrogens is 1. The zero-order valence-electron chi connectivity index (χ0n) is 9.88. The summed E-state index contributed by atoms with van der Waals surface area (Å²) in [5.41, 5.74) is 1.48. The molecule has 2 aromatic heterocycles. The molecule has 1 atom stereocenters. The van der Waals surface area contributed by atoms with Crippen molar-refractivity contribution in [3.05, 3.63) is 47.7 Å². The predicted octanol–water partition coefficient (Wildman–Crippen LogP) is 2.33. The van der Waals surface area contributed by atoms with E-state index in [2.05, 4.69) is 4.98 Å². The number of hydrogen-bond donors (Lipinski definition) is 1. The van der Waals surface area contributed by atoms with Gasteiger partial charge in [-0.3, -0.25) is 4.98 Å². The van der Waals surface area contributed by atoms with E-state index < -0.39 is 6.10 Å². The van der Waals surface area contributed by atoms with Gasteiger partial charge >= 0.3 is 0 Å². The van der Waals surface area contributed by atoms with Gasteiger partial charge in [-0.05, 0) is 12.1 Å². The fourth-order valence-corrected chi connectivity index (χ4v) is 1.76. The van der Waals surface area contributed by atoms with Gasteiger partial charge in [0.1, 0.15) is 17.6 Å². The Morgan fingerprint density at radius 3 is 3.00 bits per heavy atom. The number of furan rings is 1.